The minimum absolute atomic E-state index is 0.0634. The Morgan fingerprint density at radius 2 is 0.636 bits per heavy atom. The predicted molar refractivity (Wildman–Crippen MR) is 233 cm³/mol. The topological polar surface area (TPSA) is 78.9 Å². The average molecular weight is 779 g/mol. The molecule has 0 aliphatic carbocycles. The molecule has 2 atom stereocenters. The molecule has 6 heteroatoms. The first-order valence-electron chi connectivity index (χ1n) is 24.4. The van der Waals surface area contributed by atoms with E-state index in [1.54, 1.807) is 0 Å². The highest BCUT2D eigenvalue weighted by molar-refractivity contribution is 5.71. The van der Waals surface area contributed by atoms with Gasteiger partial charge in [0.1, 0.15) is 13.2 Å². The number of ether oxygens (including phenoxy) is 3. The van der Waals surface area contributed by atoms with Crippen molar-refractivity contribution in [3.8, 4) is 0 Å². The molecule has 0 bridgehead atoms. The Kier molecular flexibility index (Phi) is 42.3. The van der Waals surface area contributed by atoms with Crippen LogP contribution >= 0.6 is 0 Å². The summed E-state index contributed by atoms with van der Waals surface area (Å²) in [6, 6.07) is 0. The Morgan fingerprint density at radius 3 is 0.945 bits per heavy atom. The lowest BCUT2D eigenvalue weighted by molar-refractivity contribution is -0.167. The van der Waals surface area contributed by atoms with Gasteiger partial charge in [0.15, 0.2) is 6.10 Å². The van der Waals surface area contributed by atoms with E-state index in [0.717, 1.165) is 63.7 Å². The molecule has 0 aromatic rings. The number of hydrogen-bond acceptors (Lipinski definition) is 6. The summed E-state index contributed by atoms with van der Waals surface area (Å²) in [4.78, 5) is 37.7. The number of hydrogen-bond donors (Lipinski definition) is 0. The van der Waals surface area contributed by atoms with E-state index in [4.69, 9.17) is 14.2 Å². The average Bonchev–Trinajstić information content (AvgIpc) is 3.18. The van der Waals surface area contributed by atoms with Crippen molar-refractivity contribution in [1.29, 1.82) is 0 Å². The summed E-state index contributed by atoms with van der Waals surface area (Å²) in [6.07, 6.45) is 43.7. The van der Waals surface area contributed by atoms with Crippen LogP contribution in [0.4, 0.5) is 0 Å². The fourth-order valence-electron chi connectivity index (χ4n) is 7.30. The first-order chi connectivity index (χ1) is 26.9. The lowest BCUT2D eigenvalue weighted by atomic mass is 9.99. The molecule has 0 aliphatic heterocycles. The van der Waals surface area contributed by atoms with Crippen molar-refractivity contribution in [3.63, 3.8) is 0 Å². The summed E-state index contributed by atoms with van der Waals surface area (Å²) >= 11 is 0. The normalized spacial score (nSPS) is 12.4. The number of rotatable bonds is 44. The van der Waals surface area contributed by atoms with Gasteiger partial charge in [0.25, 0.3) is 0 Å². The van der Waals surface area contributed by atoms with Gasteiger partial charge in [0.05, 0.1) is 0 Å². The fourth-order valence-corrected chi connectivity index (χ4v) is 7.30. The third-order valence-corrected chi connectivity index (χ3v) is 11.4. The van der Waals surface area contributed by atoms with Gasteiger partial charge in [0, 0.05) is 19.3 Å². The highest BCUT2D eigenvalue weighted by Gasteiger charge is 2.19. The van der Waals surface area contributed by atoms with Gasteiger partial charge in [-0.2, -0.15) is 0 Å². The van der Waals surface area contributed by atoms with Crippen LogP contribution in [0.3, 0.4) is 0 Å². The van der Waals surface area contributed by atoms with Gasteiger partial charge in [0.2, 0.25) is 0 Å². The summed E-state index contributed by atoms with van der Waals surface area (Å²) in [7, 11) is 0. The zero-order chi connectivity index (χ0) is 40.3. The molecule has 0 radical (unpaired) electrons. The lowest BCUT2D eigenvalue weighted by Crippen LogP contribution is -2.30. The third-order valence-electron chi connectivity index (χ3n) is 11.4. The molecule has 0 fully saturated rings. The van der Waals surface area contributed by atoms with Gasteiger partial charge >= 0.3 is 17.9 Å². The second-order valence-corrected chi connectivity index (χ2v) is 17.0. The standard InChI is InChI=1S/C49H94O6/c1-5-8-10-12-14-16-25-28-32-36-40-47(50)53-43-46(55-49(52)42-38-34-30-23-15-13-11-9-6-2)44-54-48(51)41-37-33-29-26-22-20-18-17-19-21-24-27-31-35-39-45(4)7-3/h45-46H,5-44H2,1-4H3/t45?,46-/m1/s1. The Labute approximate surface area is 342 Å². The van der Waals surface area contributed by atoms with E-state index in [-0.39, 0.29) is 31.1 Å². The molecule has 0 rings (SSSR count). The maximum absolute atomic E-state index is 12.7. The second kappa shape index (κ2) is 43.5. The van der Waals surface area contributed by atoms with E-state index in [9.17, 15) is 14.4 Å². The van der Waals surface area contributed by atoms with Crippen LogP contribution in [0.15, 0.2) is 0 Å². The summed E-state index contributed by atoms with van der Waals surface area (Å²) in [5, 5.41) is 0. The monoisotopic (exact) mass is 779 g/mol. The first-order valence-corrected chi connectivity index (χ1v) is 24.4. The Hall–Kier alpha value is -1.59. The largest absolute Gasteiger partial charge is 0.462 e. The molecule has 0 aromatic heterocycles. The second-order valence-electron chi connectivity index (χ2n) is 17.0. The van der Waals surface area contributed by atoms with E-state index in [1.165, 1.54) is 167 Å². The molecule has 55 heavy (non-hydrogen) atoms. The Morgan fingerprint density at radius 1 is 0.364 bits per heavy atom. The molecule has 1 unspecified atom stereocenters. The van der Waals surface area contributed by atoms with Crippen molar-refractivity contribution in [3.05, 3.63) is 0 Å². The SMILES string of the molecule is CCCCCCCCCCCCC(=O)OC[C@H](COC(=O)CCCCCCCCCCCCCCCCC(C)CC)OC(=O)CCCCCCCCCCC. The van der Waals surface area contributed by atoms with Crippen LogP contribution in [0.5, 0.6) is 0 Å². The Bertz CT molecular complexity index is 828. The van der Waals surface area contributed by atoms with Crippen LogP contribution < -0.4 is 0 Å². The molecular formula is C49H94O6. The van der Waals surface area contributed by atoms with Crippen molar-refractivity contribution in [2.24, 2.45) is 5.92 Å². The minimum Gasteiger partial charge on any atom is -0.462 e. The van der Waals surface area contributed by atoms with Gasteiger partial charge in [-0.3, -0.25) is 14.4 Å². The van der Waals surface area contributed by atoms with Crippen LogP contribution in [0.1, 0.15) is 272 Å². The molecule has 0 aliphatic rings. The zero-order valence-electron chi connectivity index (χ0n) is 37.4. The van der Waals surface area contributed by atoms with Crippen LogP contribution in [0.25, 0.3) is 0 Å². The van der Waals surface area contributed by atoms with Gasteiger partial charge in [-0.25, -0.2) is 0 Å². The summed E-state index contributed by atoms with van der Waals surface area (Å²) in [5.41, 5.74) is 0. The van der Waals surface area contributed by atoms with Crippen LogP contribution in [-0.4, -0.2) is 37.2 Å². The van der Waals surface area contributed by atoms with E-state index >= 15 is 0 Å². The molecule has 0 heterocycles. The molecule has 0 saturated carbocycles. The predicted octanol–water partition coefficient (Wildman–Crippen LogP) is 15.5. The zero-order valence-corrected chi connectivity index (χ0v) is 37.4. The molecule has 0 N–H and O–H groups in total. The lowest BCUT2D eigenvalue weighted by Gasteiger charge is -2.18. The molecule has 0 spiro atoms. The van der Waals surface area contributed by atoms with Crippen molar-refractivity contribution >= 4 is 17.9 Å². The third kappa shape index (κ3) is 41.9. The molecule has 6 nitrogen and oxygen atoms in total. The highest BCUT2D eigenvalue weighted by Crippen LogP contribution is 2.17. The summed E-state index contributed by atoms with van der Waals surface area (Å²) < 4.78 is 16.7. The minimum atomic E-state index is -0.758. The first kappa shape index (κ1) is 53.4. The van der Waals surface area contributed by atoms with E-state index in [1.807, 2.05) is 0 Å². The fraction of sp³-hybridized carbons (Fsp3) is 0.939. The van der Waals surface area contributed by atoms with Crippen molar-refractivity contribution in [1.82, 2.24) is 0 Å². The number of unbranched alkanes of at least 4 members (excludes halogenated alkanes) is 30. The molecule has 326 valence electrons. The highest BCUT2D eigenvalue weighted by atomic mass is 16.6. The van der Waals surface area contributed by atoms with Crippen LogP contribution in [0.2, 0.25) is 0 Å². The van der Waals surface area contributed by atoms with E-state index in [0.29, 0.717) is 19.3 Å². The number of carbonyl (C=O) groups is 3. The maximum Gasteiger partial charge on any atom is 0.306 e. The van der Waals surface area contributed by atoms with Crippen molar-refractivity contribution in [2.75, 3.05) is 13.2 Å². The summed E-state index contributed by atoms with van der Waals surface area (Å²) in [6.45, 7) is 9.02. The molecule has 0 aromatic carbocycles. The molecular weight excluding hydrogens is 685 g/mol. The number of carbonyl (C=O) groups excluding carboxylic acids is 3. The van der Waals surface area contributed by atoms with Gasteiger partial charge in [-0.15, -0.1) is 0 Å². The van der Waals surface area contributed by atoms with Gasteiger partial charge < -0.3 is 14.2 Å². The molecule has 0 amide bonds. The Balaban J connectivity index is 4.21. The quantitative estimate of drug-likeness (QED) is 0.0348. The smallest absolute Gasteiger partial charge is 0.306 e. The maximum atomic E-state index is 12.7. The van der Waals surface area contributed by atoms with Gasteiger partial charge in [-0.05, 0) is 25.2 Å². The summed E-state index contributed by atoms with van der Waals surface area (Å²) in [5.74, 6) is 0.0426. The van der Waals surface area contributed by atoms with E-state index in [2.05, 4.69) is 27.7 Å². The number of esters is 3. The van der Waals surface area contributed by atoms with Crippen molar-refractivity contribution in [2.45, 2.75) is 278 Å². The molecule has 0 saturated heterocycles. The van der Waals surface area contributed by atoms with Crippen LogP contribution in [-0.2, 0) is 28.6 Å². The van der Waals surface area contributed by atoms with Crippen molar-refractivity contribution < 1.29 is 28.6 Å². The van der Waals surface area contributed by atoms with E-state index < -0.39 is 6.10 Å². The van der Waals surface area contributed by atoms with Crippen LogP contribution in [0, 0.1) is 5.92 Å². The van der Waals surface area contributed by atoms with Gasteiger partial charge in [-0.1, -0.05) is 233 Å².